The van der Waals surface area contributed by atoms with Gasteiger partial charge in [0.05, 0.1) is 28.8 Å². The van der Waals surface area contributed by atoms with Crippen LogP contribution in [0.4, 0.5) is 22.7 Å². The average molecular weight is 393 g/mol. The smallest absolute Gasteiger partial charge is 0.271 e. The first-order valence-electron chi connectivity index (χ1n) is 8.23. The monoisotopic (exact) mass is 392 g/mol. The number of non-ortho nitro benzene ring substituents is 1. The van der Waals surface area contributed by atoms with Gasteiger partial charge in [-0.1, -0.05) is 11.6 Å². The zero-order chi connectivity index (χ0) is 19.6. The number of benzene rings is 2. The van der Waals surface area contributed by atoms with Crippen LogP contribution in [0.25, 0.3) is 0 Å². The Morgan fingerprint density at radius 2 is 1.67 bits per heavy atom. The zero-order valence-corrected chi connectivity index (χ0v) is 15.9. The van der Waals surface area contributed by atoms with Gasteiger partial charge in [0.15, 0.2) is 0 Å². The summed E-state index contributed by atoms with van der Waals surface area (Å²) >= 11 is 6.01. The lowest BCUT2D eigenvalue weighted by molar-refractivity contribution is -0.384. The number of anilines is 1. The van der Waals surface area contributed by atoms with Crippen molar-refractivity contribution in [2.24, 2.45) is 10.2 Å². The number of nitrogens with zero attached hydrogens (tertiary/aromatic N) is 4. The fraction of sp³-hybridized carbons (Fsp3) is 0.333. The molecule has 2 aromatic carbocycles. The predicted molar refractivity (Wildman–Crippen MR) is 105 cm³/mol. The first-order valence-corrected chi connectivity index (χ1v) is 8.61. The van der Waals surface area contributed by atoms with Gasteiger partial charge in [-0.2, -0.15) is 5.11 Å². The Morgan fingerprint density at radius 1 is 1.04 bits per heavy atom. The summed E-state index contributed by atoms with van der Waals surface area (Å²) in [5, 5.41) is 19.1. The minimum atomic E-state index is -0.509. The van der Waals surface area contributed by atoms with Gasteiger partial charge >= 0.3 is 0 Å². The van der Waals surface area contributed by atoms with Crippen molar-refractivity contribution in [3.05, 3.63) is 57.6 Å². The van der Waals surface area contributed by atoms with Crippen LogP contribution in [0, 0.1) is 10.1 Å². The van der Waals surface area contributed by atoms with Gasteiger partial charge in [-0.3, -0.25) is 10.1 Å². The molecule has 0 heterocycles. The zero-order valence-electron chi connectivity index (χ0n) is 15.2. The Morgan fingerprint density at radius 3 is 2.19 bits per heavy atom. The highest BCUT2D eigenvalue weighted by Gasteiger charge is 2.09. The Kier molecular flexibility index (Phi) is 8.12. The maximum Gasteiger partial charge on any atom is 0.271 e. The van der Waals surface area contributed by atoms with Gasteiger partial charge in [-0.15, -0.1) is 5.11 Å². The summed E-state index contributed by atoms with van der Waals surface area (Å²) in [6, 6.07) is 11.6. The summed E-state index contributed by atoms with van der Waals surface area (Å²) in [5.74, 6) is 0. The molecule has 0 bridgehead atoms. The second-order valence-electron chi connectivity index (χ2n) is 5.58. The number of hydrogen-bond acceptors (Lipinski definition) is 7. The lowest BCUT2D eigenvalue weighted by Crippen LogP contribution is -2.30. The van der Waals surface area contributed by atoms with E-state index in [2.05, 4.69) is 15.1 Å². The first kappa shape index (κ1) is 20.8. The van der Waals surface area contributed by atoms with E-state index in [1.807, 2.05) is 24.3 Å². The fourth-order valence-electron chi connectivity index (χ4n) is 2.31. The number of nitro groups is 1. The number of azo groups is 1. The van der Waals surface area contributed by atoms with Crippen LogP contribution in [0.15, 0.2) is 52.7 Å². The van der Waals surface area contributed by atoms with E-state index >= 15 is 0 Å². The molecule has 9 heteroatoms. The van der Waals surface area contributed by atoms with Crippen molar-refractivity contribution in [3.8, 4) is 0 Å². The number of hydrogen-bond donors (Lipinski definition) is 0. The van der Waals surface area contributed by atoms with E-state index < -0.39 is 4.92 Å². The van der Waals surface area contributed by atoms with Crippen LogP contribution in [0.5, 0.6) is 0 Å². The molecule has 0 aliphatic rings. The third-order valence-corrected chi connectivity index (χ3v) is 4.06. The normalized spacial score (nSPS) is 11.1. The van der Waals surface area contributed by atoms with Crippen LogP contribution in [-0.2, 0) is 9.47 Å². The van der Waals surface area contributed by atoms with E-state index in [0.717, 1.165) is 18.8 Å². The Labute approximate surface area is 162 Å². The van der Waals surface area contributed by atoms with Crippen LogP contribution in [-0.4, -0.2) is 45.4 Å². The van der Waals surface area contributed by atoms with Gasteiger partial charge in [0, 0.05) is 45.1 Å². The van der Waals surface area contributed by atoms with Gasteiger partial charge in [-0.25, -0.2) is 0 Å². The average Bonchev–Trinajstić information content (AvgIpc) is 2.67. The largest absolute Gasteiger partial charge is 0.383 e. The highest BCUT2D eigenvalue weighted by molar-refractivity contribution is 6.33. The number of ether oxygens (including phenoxy) is 2. The number of halogens is 1. The van der Waals surface area contributed by atoms with E-state index in [-0.39, 0.29) is 10.7 Å². The molecular weight excluding hydrogens is 372 g/mol. The summed E-state index contributed by atoms with van der Waals surface area (Å²) in [6.45, 7) is 2.73. The van der Waals surface area contributed by atoms with Crippen molar-refractivity contribution in [3.63, 3.8) is 0 Å². The van der Waals surface area contributed by atoms with Crippen molar-refractivity contribution in [1.29, 1.82) is 0 Å². The van der Waals surface area contributed by atoms with Crippen molar-refractivity contribution >= 4 is 34.4 Å². The number of methoxy groups -OCH3 is 2. The molecule has 0 N–H and O–H groups in total. The minimum Gasteiger partial charge on any atom is -0.383 e. The van der Waals surface area contributed by atoms with E-state index in [1.165, 1.54) is 18.2 Å². The molecule has 0 aromatic heterocycles. The lowest BCUT2D eigenvalue weighted by Gasteiger charge is -2.24. The Hall–Kier alpha value is -2.55. The highest BCUT2D eigenvalue weighted by Crippen LogP contribution is 2.30. The fourth-order valence-corrected chi connectivity index (χ4v) is 2.52. The van der Waals surface area contributed by atoms with Crippen LogP contribution >= 0.6 is 11.6 Å². The molecule has 27 heavy (non-hydrogen) atoms. The van der Waals surface area contributed by atoms with Crippen LogP contribution in [0.2, 0.25) is 5.02 Å². The van der Waals surface area contributed by atoms with E-state index in [4.69, 9.17) is 21.1 Å². The first-order chi connectivity index (χ1) is 13.0. The van der Waals surface area contributed by atoms with Crippen molar-refractivity contribution < 1.29 is 14.4 Å². The SMILES string of the molecule is COCCN(CCOC)c1ccc(N=Nc2ccc([N+](=O)[O-])cc2Cl)cc1. The summed E-state index contributed by atoms with van der Waals surface area (Å²) in [4.78, 5) is 12.4. The summed E-state index contributed by atoms with van der Waals surface area (Å²) in [5.41, 5.74) is 1.95. The van der Waals surface area contributed by atoms with Gasteiger partial charge < -0.3 is 14.4 Å². The molecule has 0 radical (unpaired) electrons. The van der Waals surface area contributed by atoms with Gasteiger partial charge in [0.2, 0.25) is 0 Å². The molecule has 0 aliphatic heterocycles. The second-order valence-corrected chi connectivity index (χ2v) is 5.99. The summed E-state index contributed by atoms with van der Waals surface area (Å²) in [7, 11) is 3.34. The van der Waals surface area contributed by atoms with Crippen LogP contribution < -0.4 is 4.90 Å². The maximum absolute atomic E-state index is 10.7. The van der Waals surface area contributed by atoms with E-state index in [1.54, 1.807) is 14.2 Å². The van der Waals surface area contributed by atoms with Gasteiger partial charge in [0.25, 0.3) is 5.69 Å². The molecule has 0 saturated carbocycles. The molecule has 2 aromatic rings. The lowest BCUT2D eigenvalue weighted by atomic mass is 10.2. The number of rotatable bonds is 10. The topological polar surface area (TPSA) is 89.6 Å². The molecule has 8 nitrogen and oxygen atoms in total. The minimum absolute atomic E-state index is 0.0875. The van der Waals surface area contributed by atoms with Crippen molar-refractivity contribution in [1.82, 2.24) is 0 Å². The molecule has 0 unspecified atom stereocenters. The predicted octanol–water partition coefficient (Wildman–Crippen LogP) is 4.76. The van der Waals surface area contributed by atoms with Crippen molar-refractivity contribution in [2.45, 2.75) is 0 Å². The standard InChI is InChI=1S/C18H21ClN4O4/c1-26-11-9-22(10-12-27-2)15-5-3-14(4-6-15)20-21-18-8-7-16(23(24)25)13-17(18)19/h3-8,13H,9-12H2,1-2H3. The molecular formula is C18H21ClN4O4. The quantitative estimate of drug-likeness (QED) is 0.330. The Bertz CT molecular complexity index is 775. The molecule has 0 amide bonds. The summed E-state index contributed by atoms with van der Waals surface area (Å²) < 4.78 is 10.3. The molecule has 0 atom stereocenters. The molecule has 144 valence electrons. The van der Waals surface area contributed by atoms with Gasteiger partial charge in [0.1, 0.15) is 5.69 Å². The molecule has 0 spiro atoms. The third kappa shape index (κ3) is 6.28. The maximum atomic E-state index is 10.7. The highest BCUT2D eigenvalue weighted by atomic mass is 35.5. The van der Waals surface area contributed by atoms with Gasteiger partial charge in [-0.05, 0) is 30.3 Å². The Balaban J connectivity index is 2.09. The molecule has 0 fully saturated rings. The van der Waals surface area contributed by atoms with Crippen LogP contribution in [0.1, 0.15) is 0 Å². The second kappa shape index (κ2) is 10.6. The third-order valence-electron chi connectivity index (χ3n) is 3.76. The number of nitro benzene ring substituents is 1. The van der Waals surface area contributed by atoms with E-state index in [0.29, 0.717) is 24.6 Å². The van der Waals surface area contributed by atoms with Crippen molar-refractivity contribution in [2.75, 3.05) is 45.4 Å². The molecule has 2 rings (SSSR count). The summed E-state index contributed by atoms with van der Waals surface area (Å²) in [6.07, 6.45) is 0. The van der Waals surface area contributed by atoms with E-state index in [9.17, 15) is 10.1 Å². The molecule has 0 saturated heterocycles. The molecule has 0 aliphatic carbocycles. The van der Waals surface area contributed by atoms with Crippen LogP contribution in [0.3, 0.4) is 0 Å².